The molecular formula is C23H23ClN2O2. The van der Waals surface area contributed by atoms with E-state index >= 15 is 0 Å². The Balaban J connectivity index is 1.85. The molecule has 4 rings (SSSR count). The van der Waals surface area contributed by atoms with Crippen LogP contribution in [0.25, 0.3) is 16.9 Å². The first-order chi connectivity index (χ1) is 13.6. The molecule has 0 aliphatic carbocycles. The van der Waals surface area contributed by atoms with Gasteiger partial charge in [0.15, 0.2) is 0 Å². The summed E-state index contributed by atoms with van der Waals surface area (Å²) < 4.78 is 7.42. The van der Waals surface area contributed by atoms with Gasteiger partial charge in [-0.2, -0.15) is 0 Å². The second-order valence-corrected chi connectivity index (χ2v) is 7.50. The van der Waals surface area contributed by atoms with Crippen molar-refractivity contribution in [3.63, 3.8) is 0 Å². The van der Waals surface area contributed by atoms with Crippen molar-refractivity contribution >= 4 is 17.5 Å². The summed E-state index contributed by atoms with van der Waals surface area (Å²) in [5.41, 5.74) is 4.67. The standard InChI is InChI=1S/C23H23ClN2O2/c1-16-21(23(27)25-13-3-4-14-25)15-22(17-5-7-18(24)8-6-17)26(16)19-9-11-20(28-2)12-10-19/h5-12,15H,3-4,13-14H2,1-2H3. The molecule has 144 valence electrons. The van der Waals surface area contributed by atoms with Gasteiger partial charge in [0.25, 0.3) is 5.91 Å². The highest BCUT2D eigenvalue weighted by Crippen LogP contribution is 2.32. The summed E-state index contributed by atoms with van der Waals surface area (Å²) in [7, 11) is 1.65. The molecule has 0 unspecified atom stereocenters. The number of aromatic nitrogens is 1. The molecule has 2 heterocycles. The highest BCUT2D eigenvalue weighted by atomic mass is 35.5. The fourth-order valence-electron chi connectivity index (χ4n) is 3.81. The summed E-state index contributed by atoms with van der Waals surface area (Å²) in [6, 6.07) is 17.6. The lowest BCUT2D eigenvalue weighted by atomic mass is 10.1. The number of hydrogen-bond acceptors (Lipinski definition) is 2. The van der Waals surface area contributed by atoms with Crippen LogP contribution in [0.15, 0.2) is 54.6 Å². The number of halogens is 1. The van der Waals surface area contributed by atoms with Crippen LogP contribution in [0, 0.1) is 6.92 Å². The first-order valence-corrected chi connectivity index (χ1v) is 9.88. The molecular weight excluding hydrogens is 372 g/mol. The molecule has 5 heteroatoms. The average Bonchev–Trinajstić information content (AvgIpc) is 3.37. The molecule has 0 saturated carbocycles. The van der Waals surface area contributed by atoms with Crippen molar-refractivity contribution in [2.24, 2.45) is 0 Å². The van der Waals surface area contributed by atoms with E-state index in [1.807, 2.05) is 66.4 Å². The predicted octanol–water partition coefficient (Wildman–Crippen LogP) is 5.35. The minimum absolute atomic E-state index is 0.109. The number of nitrogens with zero attached hydrogens (tertiary/aromatic N) is 2. The van der Waals surface area contributed by atoms with E-state index in [0.717, 1.165) is 59.9 Å². The number of amides is 1. The third kappa shape index (κ3) is 3.40. The molecule has 1 aliphatic heterocycles. The van der Waals surface area contributed by atoms with Gasteiger partial charge in [-0.3, -0.25) is 4.79 Å². The zero-order valence-corrected chi connectivity index (χ0v) is 16.9. The minimum Gasteiger partial charge on any atom is -0.497 e. The largest absolute Gasteiger partial charge is 0.497 e. The average molecular weight is 395 g/mol. The van der Waals surface area contributed by atoms with E-state index in [1.54, 1.807) is 7.11 Å². The van der Waals surface area contributed by atoms with Gasteiger partial charge in [-0.1, -0.05) is 23.7 Å². The van der Waals surface area contributed by atoms with E-state index in [-0.39, 0.29) is 5.91 Å². The van der Waals surface area contributed by atoms with Gasteiger partial charge in [0.05, 0.1) is 18.4 Å². The van der Waals surface area contributed by atoms with Gasteiger partial charge in [-0.25, -0.2) is 0 Å². The second kappa shape index (κ2) is 7.72. The van der Waals surface area contributed by atoms with Crippen LogP contribution in [0.1, 0.15) is 28.9 Å². The molecule has 0 radical (unpaired) electrons. The summed E-state index contributed by atoms with van der Waals surface area (Å²) in [4.78, 5) is 15.1. The van der Waals surface area contributed by atoms with Gasteiger partial charge in [-0.15, -0.1) is 0 Å². The molecule has 0 N–H and O–H groups in total. The Morgan fingerprint density at radius 1 is 1.00 bits per heavy atom. The molecule has 3 aromatic rings. The highest BCUT2D eigenvalue weighted by Gasteiger charge is 2.25. The van der Waals surface area contributed by atoms with Crippen molar-refractivity contribution in [1.29, 1.82) is 0 Å². The van der Waals surface area contributed by atoms with Crippen LogP contribution in [0.2, 0.25) is 5.02 Å². The maximum absolute atomic E-state index is 13.1. The van der Waals surface area contributed by atoms with E-state index < -0.39 is 0 Å². The lowest BCUT2D eigenvalue weighted by Crippen LogP contribution is -2.27. The first kappa shape index (κ1) is 18.6. The van der Waals surface area contributed by atoms with Crippen LogP contribution in [-0.4, -0.2) is 35.6 Å². The van der Waals surface area contributed by atoms with Crippen molar-refractivity contribution in [2.45, 2.75) is 19.8 Å². The molecule has 1 fully saturated rings. The second-order valence-electron chi connectivity index (χ2n) is 7.07. The summed E-state index contributed by atoms with van der Waals surface area (Å²) in [6.07, 6.45) is 2.15. The lowest BCUT2D eigenvalue weighted by Gasteiger charge is -2.16. The zero-order chi connectivity index (χ0) is 19.7. The molecule has 1 aromatic heterocycles. The monoisotopic (exact) mass is 394 g/mol. The number of benzene rings is 2. The minimum atomic E-state index is 0.109. The number of carbonyl (C=O) groups is 1. The number of likely N-dealkylation sites (tertiary alicyclic amines) is 1. The van der Waals surface area contributed by atoms with Crippen LogP contribution >= 0.6 is 11.6 Å². The molecule has 28 heavy (non-hydrogen) atoms. The van der Waals surface area contributed by atoms with Gasteiger partial charge in [0, 0.05) is 29.5 Å². The lowest BCUT2D eigenvalue weighted by molar-refractivity contribution is 0.0792. The molecule has 4 nitrogen and oxygen atoms in total. The SMILES string of the molecule is COc1ccc(-n2c(-c3ccc(Cl)cc3)cc(C(=O)N3CCCC3)c2C)cc1. The van der Waals surface area contributed by atoms with E-state index in [9.17, 15) is 4.79 Å². The van der Waals surface area contributed by atoms with Crippen molar-refractivity contribution in [1.82, 2.24) is 9.47 Å². The summed E-state index contributed by atoms with van der Waals surface area (Å²) >= 11 is 6.08. The predicted molar refractivity (Wildman–Crippen MR) is 113 cm³/mol. The number of carbonyl (C=O) groups excluding carboxylic acids is 1. The van der Waals surface area contributed by atoms with Gasteiger partial charge in [0.1, 0.15) is 5.75 Å². The molecule has 2 aromatic carbocycles. The molecule has 0 atom stereocenters. The fraction of sp³-hybridized carbons (Fsp3) is 0.261. The third-order valence-corrected chi connectivity index (χ3v) is 5.59. The highest BCUT2D eigenvalue weighted by molar-refractivity contribution is 6.30. The van der Waals surface area contributed by atoms with Crippen molar-refractivity contribution in [3.8, 4) is 22.7 Å². The third-order valence-electron chi connectivity index (χ3n) is 5.34. The molecule has 0 bridgehead atoms. The first-order valence-electron chi connectivity index (χ1n) is 9.50. The summed E-state index contributed by atoms with van der Waals surface area (Å²) in [6.45, 7) is 3.68. The van der Waals surface area contributed by atoms with Gasteiger partial charge in [0.2, 0.25) is 0 Å². The van der Waals surface area contributed by atoms with Crippen molar-refractivity contribution in [3.05, 3.63) is 70.9 Å². The number of hydrogen-bond donors (Lipinski definition) is 0. The van der Waals surface area contributed by atoms with E-state index in [4.69, 9.17) is 16.3 Å². The van der Waals surface area contributed by atoms with Gasteiger partial charge >= 0.3 is 0 Å². The normalized spacial score (nSPS) is 13.8. The number of rotatable bonds is 4. The Labute approximate surface area is 170 Å². The maximum atomic E-state index is 13.1. The van der Waals surface area contributed by atoms with Crippen LogP contribution in [-0.2, 0) is 0 Å². The van der Waals surface area contributed by atoms with E-state index in [0.29, 0.717) is 5.02 Å². The Hall–Kier alpha value is -2.72. The molecule has 1 aliphatic rings. The quantitative estimate of drug-likeness (QED) is 0.597. The Morgan fingerprint density at radius 2 is 1.64 bits per heavy atom. The fourth-order valence-corrected chi connectivity index (χ4v) is 3.94. The Morgan fingerprint density at radius 3 is 2.25 bits per heavy atom. The van der Waals surface area contributed by atoms with Crippen LogP contribution in [0.3, 0.4) is 0 Å². The van der Waals surface area contributed by atoms with E-state index in [2.05, 4.69) is 4.57 Å². The topological polar surface area (TPSA) is 34.5 Å². The summed E-state index contributed by atoms with van der Waals surface area (Å²) in [5.74, 6) is 0.910. The van der Waals surface area contributed by atoms with Crippen molar-refractivity contribution in [2.75, 3.05) is 20.2 Å². The molecule has 1 saturated heterocycles. The van der Waals surface area contributed by atoms with Crippen LogP contribution in [0.4, 0.5) is 0 Å². The van der Waals surface area contributed by atoms with Crippen molar-refractivity contribution < 1.29 is 9.53 Å². The Bertz CT molecular complexity index is 985. The van der Waals surface area contributed by atoms with Gasteiger partial charge < -0.3 is 14.2 Å². The summed E-state index contributed by atoms with van der Waals surface area (Å²) in [5, 5.41) is 0.691. The zero-order valence-electron chi connectivity index (χ0n) is 16.1. The van der Waals surface area contributed by atoms with Crippen LogP contribution < -0.4 is 4.74 Å². The van der Waals surface area contributed by atoms with Gasteiger partial charge in [-0.05, 0) is 67.8 Å². The smallest absolute Gasteiger partial charge is 0.255 e. The maximum Gasteiger partial charge on any atom is 0.255 e. The molecule has 1 amide bonds. The number of methoxy groups -OCH3 is 1. The van der Waals surface area contributed by atoms with E-state index in [1.165, 1.54) is 0 Å². The number of ether oxygens (including phenoxy) is 1. The molecule has 0 spiro atoms. The Kier molecular flexibility index (Phi) is 5.14. The van der Waals surface area contributed by atoms with Crippen LogP contribution in [0.5, 0.6) is 5.75 Å².